The Morgan fingerprint density at radius 3 is 2.62 bits per heavy atom. The van der Waals surface area contributed by atoms with Crippen molar-refractivity contribution in [3.05, 3.63) is 77.1 Å². The van der Waals surface area contributed by atoms with Crippen molar-refractivity contribution in [3.63, 3.8) is 0 Å². The number of hydrogen-bond donors (Lipinski definition) is 3. The number of fused-ring (bicyclic) bond motifs is 2. The number of hydrogen-bond acceptors (Lipinski definition) is 6. The number of anilines is 2. The van der Waals surface area contributed by atoms with Crippen LogP contribution in [0, 0.1) is 11.7 Å². The molecule has 2 aromatic carbocycles. The summed E-state index contributed by atoms with van der Waals surface area (Å²) in [7, 11) is 1.57. The molecule has 11 nitrogen and oxygen atoms in total. The average molecular weight is 548 g/mol. The molecule has 0 saturated carbocycles. The van der Waals surface area contributed by atoms with Gasteiger partial charge in [0.1, 0.15) is 17.7 Å². The van der Waals surface area contributed by atoms with Gasteiger partial charge < -0.3 is 16.0 Å². The molecule has 4 amide bonds. The maximum atomic E-state index is 13.9. The predicted molar refractivity (Wildman–Crippen MR) is 144 cm³/mol. The van der Waals surface area contributed by atoms with Crippen LogP contribution in [0.5, 0.6) is 0 Å². The van der Waals surface area contributed by atoms with Crippen LogP contribution in [-0.2, 0) is 28.0 Å². The molecule has 1 fully saturated rings. The Balaban J connectivity index is 1.21. The van der Waals surface area contributed by atoms with E-state index in [0.717, 1.165) is 24.1 Å². The summed E-state index contributed by atoms with van der Waals surface area (Å²) in [5.74, 6) is -2.72. The zero-order valence-corrected chi connectivity index (χ0v) is 22.2. The van der Waals surface area contributed by atoms with Gasteiger partial charge in [0.15, 0.2) is 5.82 Å². The first-order chi connectivity index (χ1) is 19.2. The lowest BCUT2D eigenvalue weighted by Crippen LogP contribution is -2.46. The van der Waals surface area contributed by atoms with Gasteiger partial charge >= 0.3 is 0 Å². The third kappa shape index (κ3) is 5.57. The quantitative estimate of drug-likeness (QED) is 0.417. The van der Waals surface area contributed by atoms with Gasteiger partial charge in [-0.05, 0) is 29.7 Å². The lowest BCUT2D eigenvalue weighted by Gasteiger charge is -2.28. The van der Waals surface area contributed by atoms with Crippen LogP contribution in [-0.4, -0.2) is 56.5 Å². The van der Waals surface area contributed by atoms with Crippen molar-refractivity contribution in [1.82, 2.24) is 25.1 Å². The van der Waals surface area contributed by atoms with E-state index in [1.165, 1.54) is 28.9 Å². The first kappa shape index (κ1) is 27.0. The van der Waals surface area contributed by atoms with Crippen molar-refractivity contribution < 1.29 is 23.6 Å². The minimum Gasteiger partial charge on any atom is -0.340 e. The number of nitrogens with zero attached hydrogens (tertiary/aromatic N) is 4. The van der Waals surface area contributed by atoms with Crippen molar-refractivity contribution in [2.24, 2.45) is 13.0 Å². The number of nitrogens with one attached hydrogen (secondary N) is 3. The van der Waals surface area contributed by atoms with Gasteiger partial charge in [-0.15, -0.1) is 0 Å². The van der Waals surface area contributed by atoms with Gasteiger partial charge in [-0.3, -0.25) is 28.9 Å². The van der Waals surface area contributed by atoms with Crippen molar-refractivity contribution >= 4 is 35.3 Å². The van der Waals surface area contributed by atoms with Crippen LogP contribution < -0.4 is 16.0 Å². The van der Waals surface area contributed by atoms with Gasteiger partial charge in [-0.25, -0.2) is 9.40 Å². The van der Waals surface area contributed by atoms with E-state index >= 15 is 0 Å². The first-order valence-electron chi connectivity index (χ1n) is 13.1. The smallest absolute Gasteiger partial charge is 0.264 e. The average Bonchev–Trinajstić information content (AvgIpc) is 3.50. The summed E-state index contributed by atoms with van der Waals surface area (Å²) in [6.45, 7) is 3.59. The van der Waals surface area contributed by atoms with Crippen molar-refractivity contribution in [3.8, 4) is 0 Å². The molecule has 1 aromatic heterocycles. The number of benzene rings is 2. The van der Waals surface area contributed by atoms with Crippen molar-refractivity contribution in [2.75, 3.05) is 23.7 Å². The van der Waals surface area contributed by atoms with Crippen LogP contribution in [0.2, 0.25) is 0 Å². The zero-order valence-electron chi connectivity index (χ0n) is 22.2. The lowest BCUT2D eigenvalue weighted by atomic mass is 9.98. The number of aryl methyl sites for hydroxylation is 1. The molecule has 2 aliphatic heterocycles. The number of halogens is 1. The van der Waals surface area contributed by atoms with E-state index in [9.17, 15) is 23.6 Å². The highest BCUT2D eigenvalue weighted by atomic mass is 19.1. The molecule has 12 heteroatoms. The standard InChI is InChI=1S/C28H30FN7O4/c1-17(26(38)32-25-19-9-4-3-8-18(19)16-35-12-7-13-36(35)28(25)40)14-24(37)31-23-15-22(33-34(23)2)30-27(39)20-10-5-6-11-21(20)29/h3-6,8-11,15,17,25H,7,12-14,16H2,1-2H3,(H,31,37)(H,32,38)(H,30,33,39)/t17-,25+/m1/s1. The minimum absolute atomic E-state index is 0.123. The molecule has 3 heterocycles. The molecule has 3 aromatic rings. The predicted octanol–water partition coefficient (Wildman–Crippen LogP) is 2.60. The van der Waals surface area contributed by atoms with Crippen LogP contribution in [0.15, 0.2) is 54.6 Å². The Kier molecular flexibility index (Phi) is 7.60. The van der Waals surface area contributed by atoms with E-state index in [4.69, 9.17) is 0 Å². The van der Waals surface area contributed by atoms with E-state index in [-0.39, 0.29) is 29.5 Å². The van der Waals surface area contributed by atoms with Gasteiger partial charge in [-0.1, -0.05) is 43.3 Å². The van der Waals surface area contributed by atoms with Crippen LogP contribution in [0.1, 0.15) is 47.3 Å². The number of hydrazine groups is 1. The van der Waals surface area contributed by atoms with Gasteiger partial charge in [0.25, 0.3) is 11.8 Å². The van der Waals surface area contributed by atoms with E-state index in [1.54, 1.807) is 25.0 Å². The number of carbonyl (C=O) groups excluding carboxylic acids is 4. The summed E-state index contributed by atoms with van der Waals surface area (Å²) in [6, 6.07) is 13.7. The summed E-state index contributed by atoms with van der Waals surface area (Å²) in [5.41, 5.74) is 1.60. The third-order valence-electron chi connectivity index (χ3n) is 7.08. The minimum atomic E-state index is -0.838. The normalized spacial score (nSPS) is 17.4. The summed E-state index contributed by atoms with van der Waals surface area (Å²) < 4.78 is 15.3. The molecule has 5 rings (SSSR count). The molecule has 0 aliphatic carbocycles. The van der Waals surface area contributed by atoms with E-state index in [0.29, 0.717) is 13.1 Å². The molecular formula is C28H30FN7O4. The van der Waals surface area contributed by atoms with E-state index < -0.39 is 35.5 Å². The highest BCUT2D eigenvalue weighted by Gasteiger charge is 2.38. The number of aromatic nitrogens is 2. The Labute approximate surface area is 230 Å². The molecule has 2 atom stereocenters. The topological polar surface area (TPSA) is 129 Å². The fourth-order valence-corrected chi connectivity index (χ4v) is 4.98. The second-order valence-corrected chi connectivity index (χ2v) is 9.97. The SMILES string of the molecule is C[C@H](CC(=O)Nc1cc(NC(=O)c2ccccc2F)nn1C)C(=O)N[C@@H]1C(=O)N2CCCN2Cc2ccccc21. The molecular weight excluding hydrogens is 517 g/mol. The Morgan fingerprint density at radius 2 is 1.82 bits per heavy atom. The summed E-state index contributed by atoms with van der Waals surface area (Å²) in [6.07, 6.45) is 0.722. The van der Waals surface area contributed by atoms with Crippen LogP contribution in [0.25, 0.3) is 0 Å². The molecule has 3 N–H and O–H groups in total. The molecule has 1 saturated heterocycles. The first-order valence-corrected chi connectivity index (χ1v) is 13.1. The van der Waals surface area contributed by atoms with Gasteiger partial charge in [0, 0.05) is 45.1 Å². The van der Waals surface area contributed by atoms with Gasteiger partial charge in [-0.2, -0.15) is 5.10 Å². The number of carbonyl (C=O) groups is 4. The second-order valence-electron chi connectivity index (χ2n) is 9.97. The Bertz CT molecular complexity index is 1470. The van der Waals surface area contributed by atoms with Crippen LogP contribution >= 0.6 is 0 Å². The molecule has 0 bridgehead atoms. The molecule has 2 aliphatic rings. The second kappa shape index (κ2) is 11.3. The van der Waals surface area contributed by atoms with Crippen LogP contribution in [0.3, 0.4) is 0 Å². The monoisotopic (exact) mass is 547 g/mol. The summed E-state index contributed by atoms with van der Waals surface area (Å²) in [5, 5.41) is 15.9. The summed E-state index contributed by atoms with van der Waals surface area (Å²) >= 11 is 0. The van der Waals surface area contributed by atoms with Crippen molar-refractivity contribution in [2.45, 2.75) is 32.4 Å². The maximum absolute atomic E-state index is 13.9. The fraction of sp³-hybridized carbons (Fsp3) is 0.321. The fourth-order valence-electron chi connectivity index (χ4n) is 4.98. The largest absolute Gasteiger partial charge is 0.340 e. The van der Waals surface area contributed by atoms with E-state index in [2.05, 4.69) is 21.0 Å². The lowest BCUT2D eigenvalue weighted by molar-refractivity contribution is -0.148. The zero-order chi connectivity index (χ0) is 28.4. The highest BCUT2D eigenvalue weighted by molar-refractivity contribution is 6.04. The Hall–Kier alpha value is -4.58. The Morgan fingerprint density at radius 1 is 1.07 bits per heavy atom. The molecule has 40 heavy (non-hydrogen) atoms. The number of rotatable bonds is 7. The third-order valence-corrected chi connectivity index (χ3v) is 7.08. The van der Waals surface area contributed by atoms with E-state index in [1.807, 2.05) is 29.3 Å². The highest BCUT2D eigenvalue weighted by Crippen LogP contribution is 2.30. The van der Waals surface area contributed by atoms with Gasteiger partial charge in [0.2, 0.25) is 11.8 Å². The molecule has 0 spiro atoms. The summed E-state index contributed by atoms with van der Waals surface area (Å²) in [4.78, 5) is 51.7. The molecule has 0 unspecified atom stereocenters. The molecule has 0 radical (unpaired) electrons. The number of amides is 4. The molecule has 208 valence electrons. The van der Waals surface area contributed by atoms with Gasteiger partial charge in [0.05, 0.1) is 5.56 Å². The van der Waals surface area contributed by atoms with Crippen molar-refractivity contribution in [1.29, 1.82) is 0 Å². The van der Waals surface area contributed by atoms with Crippen LogP contribution in [0.4, 0.5) is 16.0 Å². The maximum Gasteiger partial charge on any atom is 0.264 e.